The van der Waals surface area contributed by atoms with Crippen LogP contribution < -0.4 is 5.32 Å². The molecule has 6 nitrogen and oxygen atoms in total. The molecule has 1 unspecified atom stereocenters. The summed E-state index contributed by atoms with van der Waals surface area (Å²) in [6.45, 7) is 2.38. The highest BCUT2D eigenvalue weighted by atomic mass is 19.4. The van der Waals surface area contributed by atoms with E-state index >= 15 is 0 Å². The van der Waals surface area contributed by atoms with E-state index in [4.69, 9.17) is 0 Å². The second kappa shape index (κ2) is 10.8. The van der Waals surface area contributed by atoms with Gasteiger partial charge >= 0.3 is 6.18 Å². The topological polar surface area (TPSA) is 58.9 Å². The van der Waals surface area contributed by atoms with Crippen LogP contribution in [-0.2, 0) is 25.4 Å². The molecule has 6 rings (SSSR count). The molecule has 1 saturated heterocycles. The summed E-state index contributed by atoms with van der Waals surface area (Å²) in [5.41, 5.74) is 5.59. The van der Waals surface area contributed by atoms with Crippen molar-refractivity contribution in [1.29, 1.82) is 0 Å². The van der Waals surface area contributed by atoms with Crippen LogP contribution in [0.5, 0.6) is 0 Å². The highest BCUT2D eigenvalue weighted by Gasteiger charge is 2.37. The molecule has 0 saturated carbocycles. The SMILES string of the molecule is FC(F)(F)c1nc(Nc2ccc3c(c2)CCC(N2CCCC2)CC3)n(-c2ccc(Cc3ccccc3)nc2)n1. The van der Waals surface area contributed by atoms with Gasteiger partial charge in [-0.05, 0) is 92.6 Å². The lowest BCUT2D eigenvalue weighted by Gasteiger charge is -2.25. The molecule has 2 aromatic carbocycles. The van der Waals surface area contributed by atoms with Crippen LogP contribution in [0.25, 0.3) is 5.69 Å². The summed E-state index contributed by atoms with van der Waals surface area (Å²) in [6.07, 6.45) is 4.29. The molecule has 1 N–H and O–H groups in total. The van der Waals surface area contributed by atoms with E-state index in [1.807, 2.05) is 36.4 Å². The first-order valence-corrected chi connectivity index (χ1v) is 13.6. The minimum Gasteiger partial charge on any atom is -0.324 e. The Morgan fingerprint density at radius 1 is 0.897 bits per heavy atom. The lowest BCUT2D eigenvalue weighted by Crippen LogP contribution is -2.32. The molecule has 3 heterocycles. The maximum atomic E-state index is 13.6. The lowest BCUT2D eigenvalue weighted by atomic mass is 10.0. The van der Waals surface area contributed by atoms with Crippen molar-refractivity contribution in [2.45, 2.75) is 57.2 Å². The molecule has 9 heteroatoms. The normalized spacial score (nSPS) is 18.1. The number of benzene rings is 2. The summed E-state index contributed by atoms with van der Waals surface area (Å²) in [4.78, 5) is 10.9. The van der Waals surface area contributed by atoms with Crippen molar-refractivity contribution in [2.75, 3.05) is 18.4 Å². The minimum atomic E-state index is -4.67. The van der Waals surface area contributed by atoms with Crippen LogP contribution in [0.2, 0.25) is 0 Å². The average molecular weight is 533 g/mol. The zero-order valence-electron chi connectivity index (χ0n) is 21.7. The standard InChI is InChI=1S/C30H31F3N6/c31-30(32,33)28-36-29(39(37-28)27-15-12-24(34-20-27)18-21-6-2-1-3-7-21)35-25-11-8-22-9-13-26(14-10-23(22)19-25)38-16-4-5-17-38/h1-3,6-8,11-12,15,19-20,26H,4-5,9-10,13-14,16-18H2,(H,35,36,37). The fourth-order valence-electron chi connectivity index (χ4n) is 5.71. The maximum absolute atomic E-state index is 13.6. The highest BCUT2D eigenvalue weighted by Crippen LogP contribution is 2.31. The van der Waals surface area contributed by atoms with Gasteiger partial charge in [-0.3, -0.25) is 4.98 Å². The summed E-state index contributed by atoms with van der Waals surface area (Å²) >= 11 is 0. The lowest BCUT2D eigenvalue weighted by molar-refractivity contribution is -0.144. The fourth-order valence-corrected chi connectivity index (χ4v) is 5.71. The number of rotatable bonds is 6. The molecule has 39 heavy (non-hydrogen) atoms. The van der Waals surface area contributed by atoms with Gasteiger partial charge < -0.3 is 10.2 Å². The first kappa shape index (κ1) is 25.6. The number of nitrogens with zero attached hydrogens (tertiary/aromatic N) is 5. The number of hydrogen-bond donors (Lipinski definition) is 1. The Balaban J connectivity index is 1.23. The summed E-state index contributed by atoms with van der Waals surface area (Å²) < 4.78 is 42.0. The van der Waals surface area contributed by atoms with Crippen molar-refractivity contribution in [3.8, 4) is 5.69 Å². The van der Waals surface area contributed by atoms with Gasteiger partial charge in [0.1, 0.15) is 0 Å². The Hall–Kier alpha value is -3.72. The molecule has 0 bridgehead atoms. The highest BCUT2D eigenvalue weighted by molar-refractivity contribution is 5.58. The van der Waals surface area contributed by atoms with E-state index in [1.165, 1.54) is 47.9 Å². The Labute approximate surface area is 225 Å². The van der Waals surface area contributed by atoms with Gasteiger partial charge in [0, 0.05) is 23.8 Å². The molecule has 1 aliphatic carbocycles. The molecular formula is C30H31F3N6. The van der Waals surface area contributed by atoms with Crippen molar-refractivity contribution in [2.24, 2.45) is 0 Å². The Bertz CT molecular complexity index is 1410. The molecule has 0 amide bonds. The molecule has 0 spiro atoms. The van der Waals surface area contributed by atoms with Crippen molar-refractivity contribution in [1.82, 2.24) is 24.6 Å². The largest absolute Gasteiger partial charge is 0.453 e. The third kappa shape index (κ3) is 5.83. The van der Waals surface area contributed by atoms with E-state index in [2.05, 4.69) is 37.4 Å². The third-order valence-corrected chi connectivity index (χ3v) is 7.76. The van der Waals surface area contributed by atoms with Gasteiger partial charge in [0.2, 0.25) is 5.95 Å². The smallest absolute Gasteiger partial charge is 0.324 e. The number of alkyl halides is 3. The second-order valence-electron chi connectivity index (χ2n) is 10.4. The van der Waals surface area contributed by atoms with Gasteiger partial charge in [0.05, 0.1) is 11.9 Å². The summed E-state index contributed by atoms with van der Waals surface area (Å²) in [7, 11) is 0. The van der Waals surface area contributed by atoms with Gasteiger partial charge in [-0.15, -0.1) is 5.10 Å². The zero-order valence-corrected chi connectivity index (χ0v) is 21.7. The molecule has 1 atom stereocenters. The first-order chi connectivity index (χ1) is 18.9. The average Bonchev–Trinajstić information content (AvgIpc) is 3.57. The van der Waals surface area contributed by atoms with Gasteiger partial charge in [-0.1, -0.05) is 36.4 Å². The molecule has 2 aliphatic rings. The van der Waals surface area contributed by atoms with E-state index < -0.39 is 12.0 Å². The van der Waals surface area contributed by atoms with Crippen molar-refractivity contribution < 1.29 is 13.2 Å². The number of likely N-dealkylation sites (tertiary alicyclic amines) is 1. The first-order valence-electron chi connectivity index (χ1n) is 13.6. The van der Waals surface area contributed by atoms with Crippen LogP contribution in [0.4, 0.5) is 24.8 Å². The third-order valence-electron chi connectivity index (χ3n) is 7.76. The van der Waals surface area contributed by atoms with Crippen LogP contribution in [0.3, 0.4) is 0 Å². The molecular weight excluding hydrogens is 501 g/mol. The quantitative estimate of drug-likeness (QED) is 0.293. The number of pyridine rings is 1. The summed E-state index contributed by atoms with van der Waals surface area (Å²) in [6, 6.07) is 20.1. The predicted octanol–water partition coefficient (Wildman–Crippen LogP) is 6.36. The van der Waals surface area contributed by atoms with Gasteiger partial charge in [0.15, 0.2) is 0 Å². The van der Waals surface area contributed by atoms with Crippen molar-refractivity contribution in [3.63, 3.8) is 0 Å². The predicted molar refractivity (Wildman–Crippen MR) is 144 cm³/mol. The number of halogens is 3. The van der Waals surface area contributed by atoms with Gasteiger partial charge in [-0.2, -0.15) is 22.8 Å². The van der Waals surface area contributed by atoms with Crippen molar-refractivity contribution in [3.05, 3.63) is 95.1 Å². The van der Waals surface area contributed by atoms with E-state index in [1.54, 1.807) is 12.1 Å². The number of hydrogen-bond acceptors (Lipinski definition) is 5. The number of anilines is 2. The van der Waals surface area contributed by atoms with E-state index in [0.717, 1.165) is 36.9 Å². The zero-order chi connectivity index (χ0) is 26.8. The van der Waals surface area contributed by atoms with E-state index in [9.17, 15) is 13.2 Å². The van der Waals surface area contributed by atoms with Gasteiger partial charge in [0.25, 0.3) is 5.82 Å². The van der Waals surface area contributed by atoms with Crippen LogP contribution in [-0.4, -0.2) is 43.8 Å². The second-order valence-corrected chi connectivity index (χ2v) is 10.4. The number of aromatic nitrogens is 4. The number of nitrogens with one attached hydrogen (secondary N) is 1. The van der Waals surface area contributed by atoms with Crippen LogP contribution in [0.15, 0.2) is 66.9 Å². The fraction of sp³-hybridized carbons (Fsp3) is 0.367. The maximum Gasteiger partial charge on any atom is 0.453 e. The monoisotopic (exact) mass is 532 g/mol. The van der Waals surface area contributed by atoms with Crippen LogP contribution >= 0.6 is 0 Å². The van der Waals surface area contributed by atoms with Crippen molar-refractivity contribution >= 4 is 11.6 Å². The molecule has 1 fully saturated rings. The number of aryl methyl sites for hydroxylation is 2. The summed E-state index contributed by atoms with van der Waals surface area (Å²) in [5.74, 6) is -1.19. The van der Waals surface area contributed by atoms with Gasteiger partial charge in [-0.25, -0.2) is 0 Å². The Kier molecular flexibility index (Phi) is 7.08. The minimum absolute atomic E-state index is 0.00319. The number of fused-ring (bicyclic) bond motifs is 1. The Morgan fingerprint density at radius 3 is 2.38 bits per heavy atom. The molecule has 202 valence electrons. The molecule has 0 radical (unpaired) electrons. The molecule has 4 aromatic rings. The molecule has 1 aliphatic heterocycles. The van der Waals surface area contributed by atoms with Crippen LogP contribution in [0.1, 0.15) is 53.9 Å². The summed E-state index contributed by atoms with van der Waals surface area (Å²) in [5, 5.41) is 6.90. The van der Waals surface area contributed by atoms with E-state index in [-0.39, 0.29) is 5.95 Å². The molecule has 2 aromatic heterocycles. The van der Waals surface area contributed by atoms with E-state index in [0.29, 0.717) is 23.8 Å². The Morgan fingerprint density at radius 2 is 1.67 bits per heavy atom. The van der Waals surface area contributed by atoms with Crippen LogP contribution in [0, 0.1) is 0 Å².